The number of benzene rings is 1. The number of hydrogen-bond donors (Lipinski definition) is 2. The van der Waals surface area contributed by atoms with Crippen LogP contribution in [0.2, 0.25) is 10.0 Å². The van der Waals surface area contributed by atoms with Crippen LogP contribution in [-0.2, 0) is 0 Å². The van der Waals surface area contributed by atoms with Gasteiger partial charge in [-0.1, -0.05) is 23.2 Å². The largest absolute Gasteiger partial charge is 0.387 e. The molecule has 0 saturated heterocycles. The second-order valence-corrected chi connectivity index (χ2v) is 5.66. The first-order valence-corrected chi connectivity index (χ1v) is 7.19. The average Bonchev–Trinajstić information content (AvgIpc) is 2.43. The van der Waals surface area contributed by atoms with Crippen LogP contribution in [0, 0.1) is 5.82 Å². The minimum atomic E-state index is -0.759. The van der Waals surface area contributed by atoms with E-state index in [1.807, 2.05) is 6.92 Å². The Bertz CT molecular complexity index is 604. The summed E-state index contributed by atoms with van der Waals surface area (Å²) >= 11 is 11.8. The number of aliphatic hydroxyl groups is 1. The van der Waals surface area contributed by atoms with E-state index in [1.54, 1.807) is 24.4 Å². The first-order chi connectivity index (χ1) is 9.95. The van der Waals surface area contributed by atoms with Crippen LogP contribution in [0.5, 0.6) is 0 Å². The van der Waals surface area contributed by atoms with Crippen LogP contribution in [0.1, 0.15) is 30.2 Å². The lowest BCUT2D eigenvalue weighted by Gasteiger charge is -2.18. The summed E-state index contributed by atoms with van der Waals surface area (Å²) < 4.78 is 13.1. The predicted molar refractivity (Wildman–Crippen MR) is 82.0 cm³/mol. The summed E-state index contributed by atoms with van der Waals surface area (Å²) in [5.41, 5.74) is 1.34. The quantitative estimate of drug-likeness (QED) is 0.874. The SMILES string of the molecule is CC(NCC(O)c1cc(Cl)cc(Cl)c1)c1cncc(F)c1. The predicted octanol–water partition coefficient (Wildman–Crippen LogP) is 3.91. The molecular weight excluding hydrogens is 314 g/mol. The van der Waals surface area contributed by atoms with Crippen LogP contribution in [0.25, 0.3) is 0 Å². The summed E-state index contributed by atoms with van der Waals surface area (Å²) in [5, 5.41) is 14.2. The van der Waals surface area contributed by atoms with E-state index in [0.717, 1.165) is 6.20 Å². The summed E-state index contributed by atoms with van der Waals surface area (Å²) in [6.07, 6.45) is 1.98. The zero-order valence-electron chi connectivity index (χ0n) is 11.4. The molecule has 0 aliphatic heterocycles. The highest BCUT2D eigenvalue weighted by Gasteiger charge is 2.12. The first-order valence-electron chi connectivity index (χ1n) is 6.43. The van der Waals surface area contributed by atoms with Crippen molar-refractivity contribution < 1.29 is 9.50 Å². The number of pyridine rings is 1. The molecule has 112 valence electrons. The monoisotopic (exact) mass is 328 g/mol. The molecule has 21 heavy (non-hydrogen) atoms. The molecule has 1 aromatic carbocycles. The topological polar surface area (TPSA) is 45.1 Å². The number of nitrogens with zero attached hydrogens (tertiary/aromatic N) is 1. The van der Waals surface area contributed by atoms with Crippen molar-refractivity contribution in [2.24, 2.45) is 0 Å². The molecule has 0 spiro atoms. The maximum atomic E-state index is 13.1. The lowest BCUT2D eigenvalue weighted by atomic mass is 10.1. The van der Waals surface area contributed by atoms with Gasteiger partial charge in [0.15, 0.2) is 0 Å². The van der Waals surface area contributed by atoms with Gasteiger partial charge in [0, 0.05) is 28.8 Å². The van der Waals surface area contributed by atoms with E-state index in [2.05, 4.69) is 10.3 Å². The van der Waals surface area contributed by atoms with Gasteiger partial charge in [0.1, 0.15) is 5.82 Å². The number of rotatable bonds is 5. The van der Waals surface area contributed by atoms with Crippen molar-refractivity contribution in [3.63, 3.8) is 0 Å². The Labute approximate surface area is 132 Å². The molecule has 0 fully saturated rings. The number of aromatic nitrogens is 1. The van der Waals surface area contributed by atoms with Gasteiger partial charge in [-0.05, 0) is 42.3 Å². The summed E-state index contributed by atoms with van der Waals surface area (Å²) in [6.45, 7) is 2.16. The van der Waals surface area contributed by atoms with Gasteiger partial charge in [0.05, 0.1) is 12.3 Å². The van der Waals surface area contributed by atoms with Gasteiger partial charge in [-0.25, -0.2) is 4.39 Å². The standard InChI is InChI=1S/C15H15Cl2FN2O/c1-9(11-4-14(18)7-19-6-11)20-8-15(21)10-2-12(16)5-13(17)3-10/h2-7,9,15,20-21H,8H2,1H3. The van der Waals surface area contributed by atoms with Crippen molar-refractivity contribution in [3.05, 3.63) is 63.6 Å². The van der Waals surface area contributed by atoms with Crippen LogP contribution in [-0.4, -0.2) is 16.6 Å². The lowest BCUT2D eigenvalue weighted by Crippen LogP contribution is -2.24. The number of nitrogens with one attached hydrogen (secondary N) is 1. The molecule has 2 aromatic rings. The number of halogens is 3. The van der Waals surface area contributed by atoms with Crippen LogP contribution < -0.4 is 5.32 Å². The van der Waals surface area contributed by atoms with Gasteiger partial charge in [-0.15, -0.1) is 0 Å². The Morgan fingerprint density at radius 3 is 2.43 bits per heavy atom. The van der Waals surface area contributed by atoms with Crippen LogP contribution in [0.3, 0.4) is 0 Å². The zero-order chi connectivity index (χ0) is 15.4. The van der Waals surface area contributed by atoms with E-state index < -0.39 is 6.10 Å². The molecule has 3 nitrogen and oxygen atoms in total. The molecule has 0 radical (unpaired) electrons. The normalized spacial score (nSPS) is 14.0. The smallest absolute Gasteiger partial charge is 0.141 e. The summed E-state index contributed by atoms with van der Waals surface area (Å²) in [6, 6.07) is 6.20. The van der Waals surface area contributed by atoms with Crippen molar-refractivity contribution in [3.8, 4) is 0 Å². The molecule has 0 aliphatic rings. The third-order valence-electron chi connectivity index (χ3n) is 3.11. The molecule has 2 atom stereocenters. The minimum Gasteiger partial charge on any atom is -0.387 e. The molecule has 6 heteroatoms. The van der Waals surface area contributed by atoms with Gasteiger partial charge >= 0.3 is 0 Å². The second kappa shape index (κ2) is 7.18. The van der Waals surface area contributed by atoms with Crippen molar-refractivity contribution in [2.45, 2.75) is 19.1 Å². The zero-order valence-corrected chi connectivity index (χ0v) is 12.9. The summed E-state index contributed by atoms with van der Waals surface area (Å²) in [4.78, 5) is 3.80. The molecule has 2 N–H and O–H groups in total. The second-order valence-electron chi connectivity index (χ2n) is 4.79. The summed E-state index contributed by atoms with van der Waals surface area (Å²) in [7, 11) is 0. The maximum absolute atomic E-state index is 13.1. The van der Waals surface area contributed by atoms with E-state index in [-0.39, 0.29) is 18.4 Å². The fraction of sp³-hybridized carbons (Fsp3) is 0.267. The molecule has 0 amide bonds. The molecule has 2 rings (SSSR count). The molecule has 1 aromatic heterocycles. The Kier molecular flexibility index (Phi) is 5.53. The van der Waals surface area contributed by atoms with Crippen LogP contribution >= 0.6 is 23.2 Å². The van der Waals surface area contributed by atoms with Crippen LogP contribution in [0.4, 0.5) is 4.39 Å². The van der Waals surface area contributed by atoms with Gasteiger partial charge in [0.25, 0.3) is 0 Å². The molecule has 1 heterocycles. The van der Waals surface area contributed by atoms with Crippen molar-refractivity contribution in [2.75, 3.05) is 6.54 Å². The fourth-order valence-electron chi connectivity index (χ4n) is 1.96. The van der Waals surface area contributed by atoms with Gasteiger partial charge in [-0.3, -0.25) is 4.98 Å². The van der Waals surface area contributed by atoms with E-state index in [1.165, 1.54) is 6.07 Å². The molecule has 0 aliphatic carbocycles. The average molecular weight is 329 g/mol. The molecule has 0 bridgehead atoms. The molecular formula is C15H15Cl2FN2O. The van der Waals surface area contributed by atoms with Crippen molar-refractivity contribution >= 4 is 23.2 Å². The van der Waals surface area contributed by atoms with E-state index in [0.29, 0.717) is 21.2 Å². The summed E-state index contributed by atoms with van der Waals surface area (Å²) in [5.74, 6) is -0.386. The highest BCUT2D eigenvalue weighted by Crippen LogP contribution is 2.23. The highest BCUT2D eigenvalue weighted by molar-refractivity contribution is 6.34. The maximum Gasteiger partial charge on any atom is 0.141 e. The number of aliphatic hydroxyl groups excluding tert-OH is 1. The molecule has 2 unspecified atom stereocenters. The van der Waals surface area contributed by atoms with E-state index in [4.69, 9.17) is 23.2 Å². The van der Waals surface area contributed by atoms with Crippen molar-refractivity contribution in [1.29, 1.82) is 0 Å². The van der Waals surface area contributed by atoms with E-state index in [9.17, 15) is 9.50 Å². The van der Waals surface area contributed by atoms with Gasteiger partial charge < -0.3 is 10.4 Å². The highest BCUT2D eigenvalue weighted by atomic mass is 35.5. The Hall–Kier alpha value is -1.20. The van der Waals surface area contributed by atoms with Crippen molar-refractivity contribution in [1.82, 2.24) is 10.3 Å². The van der Waals surface area contributed by atoms with Gasteiger partial charge in [0.2, 0.25) is 0 Å². The first kappa shape index (κ1) is 16.2. The third kappa shape index (κ3) is 4.64. The minimum absolute atomic E-state index is 0.141. The van der Waals surface area contributed by atoms with E-state index >= 15 is 0 Å². The van der Waals surface area contributed by atoms with Crippen LogP contribution in [0.15, 0.2) is 36.7 Å². The Morgan fingerprint density at radius 1 is 1.14 bits per heavy atom. The molecule has 0 saturated carbocycles. The lowest BCUT2D eigenvalue weighted by molar-refractivity contribution is 0.171. The fourth-order valence-corrected chi connectivity index (χ4v) is 2.50. The van der Waals surface area contributed by atoms with Gasteiger partial charge in [-0.2, -0.15) is 0 Å². The Balaban J connectivity index is 1.98. The Morgan fingerprint density at radius 2 is 1.81 bits per heavy atom. The number of hydrogen-bond acceptors (Lipinski definition) is 3. The third-order valence-corrected chi connectivity index (χ3v) is 3.55.